The van der Waals surface area contributed by atoms with Crippen LogP contribution in [0.25, 0.3) is 10.6 Å². The van der Waals surface area contributed by atoms with E-state index in [1.165, 1.54) is 14.2 Å². The van der Waals surface area contributed by atoms with Crippen LogP contribution in [0.4, 0.5) is 9.52 Å². The summed E-state index contributed by atoms with van der Waals surface area (Å²) in [7, 11) is 3.03. The van der Waals surface area contributed by atoms with Gasteiger partial charge >= 0.3 is 5.69 Å². The van der Waals surface area contributed by atoms with Crippen molar-refractivity contribution in [2.45, 2.75) is 6.54 Å². The van der Waals surface area contributed by atoms with Gasteiger partial charge in [-0.2, -0.15) is 4.39 Å². The van der Waals surface area contributed by atoms with Gasteiger partial charge in [0.25, 0.3) is 5.56 Å². The van der Waals surface area contributed by atoms with Crippen molar-refractivity contribution in [3.05, 3.63) is 51.1 Å². The fourth-order valence-corrected chi connectivity index (χ4v) is 3.03. The third-order valence-electron chi connectivity index (χ3n) is 3.58. The summed E-state index contributed by atoms with van der Waals surface area (Å²) < 4.78 is 24.4. The normalized spacial score (nSPS) is 10.5. The number of carbonyl (C=O) groups excluding carboxylic acids is 1. The van der Waals surface area contributed by atoms with Crippen molar-refractivity contribution in [3.63, 3.8) is 0 Å². The SMILES string of the molecule is COc1ccc(-c2nnc(NC(=O)Cn3cc(F)c(=O)[nH]c3=O)s2)cc1OC. The van der Waals surface area contributed by atoms with Gasteiger partial charge in [0.15, 0.2) is 11.5 Å². The number of nitrogens with one attached hydrogen (secondary N) is 2. The topological polar surface area (TPSA) is 128 Å². The quantitative estimate of drug-likeness (QED) is 0.620. The first-order valence-corrected chi connectivity index (χ1v) is 8.58. The molecule has 0 radical (unpaired) electrons. The van der Waals surface area contributed by atoms with Crippen LogP contribution in [0.2, 0.25) is 0 Å². The highest BCUT2D eigenvalue weighted by Gasteiger charge is 2.14. The van der Waals surface area contributed by atoms with Crippen LogP contribution in [0.3, 0.4) is 0 Å². The predicted molar refractivity (Wildman–Crippen MR) is 98.4 cm³/mol. The summed E-state index contributed by atoms with van der Waals surface area (Å²) in [6, 6.07) is 5.19. The number of nitrogens with zero attached hydrogens (tertiary/aromatic N) is 3. The maximum atomic E-state index is 13.3. The average molecular weight is 407 g/mol. The van der Waals surface area contributed by atoms with Crippen LogP contribution in [-0.2, 0) is 11.3 Å². The molecule has 0 aliphatic rings. The standard InChI is InChI=1S/C16H14FN5O5S/c1-26-10-4-3-8(5-11(10)27-2)14-20-21-15(28-14)18-12(23)7-22-6-9(17)13(24)19-16(22)25/h3-6H,7H2,1-2H3,(H,18,21,23)(H,19,24,25). The van der Waals surface area contributed by atoms with Crippen molar-refractivity contribution < 1.29 is 18.7 Å². The molecule has 28 heavy (non-hydrogen) atoms. The molecule has 0 saturated heterocycles. The molecule has 2 aromatic heterocycles. The molecule has 0 aliphatic carbocycles. The summed E-state index contributed by atoms with van der Waals surface area (Å²) in [5.41, 5.74) is -1.34. The van der Waals surface area contributed by atoms with Gasteiger partial charge < -0.3 is 9.47 Å². The van der Waals surface area contributed by atoms with Crippen LogP contribution in [0.5, 0.6) is 11.5 Å². The number of methoxy groups -OCH3 is 2. The molecule has 146 valence electrons. The summed E-state index contributed by atoms with van der Waals surface area (Å²) in [5.74, 6) is -0.731. The second kappa shape index (κ2) is 8.00. The molecule has 0 unspecified atom stereocenters. The van der Waals surface area contributed by atoms with E-state index in [1.807, 2.05) is 0 Å². The number of aromatic amines is 1. The van der Waals surface area contributed by atoms with Crippen molar-refractivity contribution in [3.8, 4) is 22.1 Å². The maximum absolute atomic E-state index is 13.3. The first-order valence-electron chi connectivity index (χ1n) is 7.76. The van der Waals surface area contributed by atoms with Gasteiger partial charge in [0.1, 0.15) is 11.6 Å². The van der Waals surface area contributed by atoms with Crippen LogP contribution >= 0.6 is 11.3 Å². The van der Waals surface area contributed by atoms with Gasteiger partial charge in [-0.15, -0.1) is 10.2 Å². The Morgan fingerprint density at radius 2 is 2.00 bits per heavy atom. The molecule has 2 N–H and O–H groups in total. The Kier molecular flexibility index (Phi) is 5.49. The molecule has 0 fully saturated rings. The molecule has 3 rings (SSSR count). The third-order valence-corrected chi connectivity index (χ3v) is 4.47. The Hall–Kier alpha value is -3.54. The largest absolute Gasteiger partial charge is 0.493 e. The van der Waals surface area contributed by atoms with E-state index >= 15 is 0 Å². The first kappa shape index (κ1) is 19.2. The van der Waals surface area contributed by atoms with Crippen molar-refractivity contribution in [1.29, 1.82) is 0 Å². The zero-order valence-corrected chi connectivity index (χ0v) is 15.5. The highest BCUT2D eigenvalue weighted by Crippen LogP contribution is 2.34. The molecule has 0 atom stereocenters. The number of amides is 1. The van der Waals surface area contributed by atoms with Crippen LogP contribution in [-0.4, -0.2) is 39.9 Å². The Bertz CT molecular complexity index is 1140. The Labute approximate surface area is 160 Å². The second-order valence-corrected chi connectivity index (χ2v) is 6.37. The highest BCUT2D eigenvalue weighted by atomic mass is 32.1. The van der Waals surface area contributed by atoms with E-state index in [1.54, 1.807) is 23.2 Å². The summed E-state index contributed by atoms with van der Waals surface area (Å²) in [5, 5.41) is 11.0. The fourth-order valence-electron chi connectivity index (χ4n) is 2.27. The lowest BCUT2D eigenvalue weighted by Gasteiger charge is -2.07. The zero-order valence-electron chi connectivity index (χ0n) is 14.7. The lowest BCUT2D eigenvalue weighted by molar-refractivity contribution is -0.116. The Morgan fingerprint density at radius 3 is 2.71 bits per heavy atom. The lowest BCUT2D eigenvalue weighted by atomic mass is 10.2. The number of rotatable bonds is 6. The van der Waals surface area contributed by atoms with Crippen LogP contribution < -0.4 is 26.0 Å². The molecule has 3 aromatic rings. The highest BCUT2D eigenvalue weighted by molar-refractivity contribution is 7.18. The Morgan fingerprint density at radius 1 is 1.25 bits per heavy atom. The molecular formula is C16H14FN5O5S. The molecule has 10 nitrogen and oxygen atoms in total. The van der Waals surface area contributed by atoms with Gasteiger partial charge in [0, 0.05) is 5.56 Å². The second-order valence-electron chi connectivity index (χ2n) is 5.39. The number of anilines is 1. The molecule has 0 saturated carbocycles. The van der Waals surface area contributed by atoms with Gasteiger partial charge in [-0.05, 0) is 18.2 Å². The van der Waals surface area contributed by atoms with Gasteiger partial charge in [0.05, 0.1) is 20.4 Å². The van der Waals surface area contributed by atoms with Crippen LogP contribution in [0, 0.1) is 5.82 Å². The van der Waals surface area contributed by atoms with Crippen molar-refractivity contribution in [2.75, 3.05) is 19.5 Å². The van der Waals surface area contributed by atoms with Gasteiger partial charge in [-0.25, -0.2) is 4.79 Å². The number of ether oxygens (including phenoxy) is 2. The summed E-state index contributed by atoms with van der Waals surface area (Å²) >= 11 is 1.10. The van der Waals surface area contributed by atoms with E-state index in [-0.39, 0.29) is 5.13 Å². The molecule has 12 heteroatoms. The van der Waals surface area contributed by atoms with Crippen LogP contribution in [0.15, 0.2) is 34.0 Å². The van der Waals surface area contributed by atoms with Crippen LogP contribution in [0.1, 0.15) is 0 Å². The number of hydrogen-bond acceptors (Lipinski definition) is 8. The van der Waals surface area contributed by atoms with Gasteiger partial charge in [0.2, 0.25) is 16.9 Å². The smallest absolute Gasteiger partial charge is 0.328 e. The minimum atomic E-state index is -1.17. The van der Waals surface area contributed by atoms with Crippen molar-refractivity contribution in [1.82, 2.24) is 19.7 Å². The third kappa shape index (κ3) is 4.06. The molecule has 1 amide bonds. The number of carbonyl (C=O) groups is 1. The van der Waals surface area contributed by atoms with Crippen molar-refractivity contribution >= 4 is 22.4 Å². The number of benzene rings is 1. The van der Waals surface area contributed by atoms with E-state index in [0.29, 0.717) is 28.3 Å². The van der Waals surface area contributed by atoms with Gasteiger partial charge in [-0.3, -0.25) is 24.5 Å². The summed E-state index contributed by atoms with van der Waals surface area (Å²) in [6.07, 6.45) is 0.663. The molecule has 0 bridgehead atoms. The minimum absolute atomic E-state index is 0.188. The van der Waals surface area contributed by atoms with E-state index in [9.17, 15) is 18.8 Å². The number of aromatic nitrogens is 4. The molecule has 2 heterocycles. The number of hydrogen-bond donors (Lipinski definition) is 2. The van der Waals surface area contributed by atoms with Gasteiger partial charge in [-0.1, -0.05) is 11.3 Å². The minimum Gasteiger partial charge on any atom is -0.493 e. The average Bonchev–Trinajstić information content (AvgIpc) is 3.13. The predicted octanol–water partition coefficient (Wildman–Crippen LogP) is 0.850. The van der Waals surface area contributed by atoms with E-state index in [2.05, 4.69) is 15.5 Å². The molecule has 1 aromatic carbocycles. The van der Waals surface area contributed by atoms with Crippen molar-refractivity contribution in [2.24, 2.45) is 0 Å². The van der Waals surface area contributed by atoms with E-state index in [0.717, 1.165) is 15.9 Å². The number of H-pyrrole nitrogens is 1. The lowest BCUT2D eigenvalue weighted by Crippen LogP contribution is -2.34. The first-order chi connectivity index (χ1) is 13.4. The molecule has 0 spiro atoms. The van der Waals surface area contributed by atoms with E-state index < -0.39 is 29.5 Å². The van der Waals surface area contributed by atoms with E-state index in [4.69, 9.17) is 9.47 Å². The molecule has 0 aliphatic heterocycles. The molecular weight excluding hydrogens is 393 g/mol. The summed E-state index contributed by atoms with van der Waals surface area (Å²) in [6.45, 7) is -0.502. The fraction of sp³-hybridized carbons (Fsp3) is 0.188. The maximum Gasteiger partial charge on any atom is 0.328 e. The Balaban J connectivity index is 1.74. The number of halogens is 1. The summed E-state index contributed by atoms with van der Waals surface area (Å²) in [4.78, 5) is 36.5. The zero-order chi connectivity index (χ0) is 20.3. The monoisotopic (exact) mass is 407 g/mol.